The van der Waals surface area contributed by atoms with E-state index >= 15 is 0 Å². The SMILES string of the molecule is Cc1ccccc1-c1noc(COC(=O)Cn2c(=O)oc3cc([N+](=O)[O-])ccc32)n1. The molecule has 4 rings (SSSR count). The molecule has 0 amide bonds. The summed E-state index contributed by atoms with van der Waals surface area (Å²) in [5.74, 6) is -1.10. The van der Waals surface area contributed by atoms with Gasteiger partial charge in [0.15, 0.2) is 12.2 Å². The first-order valence-electron chi connectivity index (χ1n) is 8.74. The second kappa shape index (κ2) is 7.62. The van der Waals surface area contributed by atoms with Crippen LogP contribution >= 0.6 is 0 Å². The third-order valence-corrected chi connectivity index (χ3v) is 4.36. The number of oxazole rings is 1. The zero-order valence-corrected chi connectivity index (χ0v) is 15.6. The zero-order valence-electron chi connectivity index (χ0n) is 15.6. The zero-order chi connectivity index (χ0) is 21.3. The van der Waals surface area contributed by atoms with E-state index in [0.717, 1.165) is 21.8 Å². The molecular formula is C19H14N4O7. The van der Waals surface area contributed by atoms with Gasteiger partial charge in [-0.2, -0.15) is 4.98 Å². The van der Waals surface area contributed by atoms with E-state index in [4.69, 9.17) is 13.7 Å². The van der Waals surface area contributed by atoms with Crippen molar-refractivity contribution in [1.82, 2.24) is 14.7 Å². The largest absolute Gasteiger partial charge is 0.454 e. The number of aromatic nitrogens is 3. The fourth-order valence-corrected chi connectivity index (χ4v) is 2.88. The van der Waals surface area contributed by atoms with Crippen LogP contribution < -0.4 is 5.76 Å². The van der Waals surface area contributed by atoms with Gasteiger partial charge in [-0.25, -0.2) is 4.79 Å². The molecule has 2 heterocycles. The highest BCUT2D eigenvalue weighted by molar-refractivity contribution is 5.78. The maximum atomic E-state index is 12.2. The molecule has 0 saturated carbocycles. The topological polar surface area (TPSA) is 144 Å². The number of hydrogen-bond donors (Lipinski definition) is 0. The summed E-state index contributed by atoms with van der Waals surface area (Å²) in [6.45, 7) is 1.20. The normalized spacial score (nSPS) is 11.0. The number of carbonyl (C=O) groups excluding carboxylic acids is 1. The van der Waals surface area contributed by atoms with Crippen LogP contribution in [0.15, 0.2) is 56.2 Å². The second-order valence-corrected chi connectivity index (χ2v) is 6.35. The third kappa shape index (κ3) is 3.68. The van der Waals surface area contributed by atoms with E-state index in [1.165, 1.54) is 12.1 Å². The number of rotatable bonds is 6. The monoisotopic (exact) mass is 410 g/mol. The van der Waals surface area contributed by atoms with Gasteiger partial charge in [0.05, 0.1) is 16.5 Å². The van der Waals surface area contributed by atoms with Crippen molar-refractivity contribution >= 4 is 22.8 Å². The molecule has 11 nitrogen and oxygen atoms in total. The molecule has 0 atom stereocenters. The van der Waals surface area contributed by atoms with Gasteiger partial charge in [0.25, 0.3) is 11.6 Å². The van der Waals surface area contributed by atoms with Crippen molar-refractivity contribution in [2.75, 3.05) is 0 Å². The average Bonchev–Trinajstić information content (AvgIpc) is 3.31. The number of ether oxygens (including phenoxy) is 1. The Balaban J connectivity index is 1.45. The highest BCUT2D eigenvalue weighted by Crippen LogP contribution is 2.21. The molecule has 0 aliphatic rings. The number of carbonyl (C=O) groups is 1. The Labute approximate surface area is 167 Å². The molecule has 30 heavy (non-hydrogen) atoms. The van der Waals surface area contributed by atoms with Crippen molar-refractivity contribution in [2.24, 2.45) is 0 Å². The first-order valence-corrected chi connectivity index (χ1v) is 8.74. The minimum atomic E-state index is -0.831. The lowest BCUT2D eigenvalue weighted by atomic mass is 10.1. The quantitative estimate of drug-likeness (QED) is 0.266. The fraction of sp³-hybridized carbons (Fsp3) is 0.158. The highest BCUT2D eigenvalue weighted by Gasteiger charge is 2.18. The standard InChI is InChI=1S/C19H14N4O7/c1-11-4-2-3-5-13(11)18-20-16(30-21-18)10-28-17(24)9-22-14-7-6-12(23(26)27)8-15(14)29-19(22)25/h2-8H,9-10H2,1H3. The maximum absolute atomic E-state index is 12.2. The van der Waals surface area contributed by atoms with E-state index in [1.54, 1.807) is 0 Å². The molecule has 0 radical (unpaired) electrons. The van der Waals surface area contributed by atoms with Gasteiger partial charge in [0.1, 0.15) is 6.54 Å². The van der Waals surface area contributed by atoms with Crippen LogP contribution in [0.3, 0.4) is 0 Å². The molecular weight excluding hydrogens is 396 g/mol. The van der Waals surface area contributed by atoms with E-state index in [-0.39, 0.29) is 29.3 Å². The number of benzene rings is 2. The summed E-state index contributed by atoms with van der Waals surface area (Å²) in [4.78, 5) is 38.6. The number of aryl methyl sites for hydroxylation is 1. The predicted octanol–water partition coefficient (Wildman–Crippen LogP) is 2.60. The third-order valence-electron chi connectivity index (χ3n) is 4.36. The molecule has 0 N–H and O–H groups in total. The summed E-state index contributed by atoms with van der Waals surface area (Å²) in [5, 5.41) is 14.7. The van der Waals surface area contributed by atoms with Crippen molar-refractivity contribution in [3.63, 3.8) is 0 Å². The number of non-ortho nitro benzene ring substituents is 1. The van der Waals surface area contributed by atoms with E-state index in [9.17, 15) is 19.7 Å². The van der Waals surface area contributed by atoms with Crippen LogP contribution in [-0.2, 0) is 22.7 Å². The number of nitro groups is 1. The summed E-state index contributed by atoms with van der Waals surface area (Å²) in [5.41, 5.74) is 1.77. The van der Waals surface area contributed by atoms with Crippen LogP contribution in [0.2, 0.25) is 0 Å². The lowest BCUT2D eigenvalue weighted by molar-refractivity contribution is -0.384. The fourth-order valence-electron chi connectivity index (χ4n) is 2.88. The summed E-state index contributed by atoms with van der Waals surface area (Å²) in [6, 6.07) is 11.2. The number of esters is 1. The van der Waals surface area contributed by atoms with Gasteiger partial charge in [-0.05, 0) is 18.6 Å². The Morgan fingerprint density at radius 3 is 2.83 bits per heavy atom. The first-order chi connectivity index (χ1) is 14.4. The van der Waals surface area contributed by atoms with Crippen molar-refractivity contribution in [3.05, 3.63) is 74.6 Å². The van der Waals surface area contributed by atoms with Crippen molar-refractivity contribution in [3.8, 4) is 11.4 Å². The van der Waals surface area contributed by atoms with Crippen LogP contribution in [-0.4, -0.2) is 25.6 Å². The Kier molecular flexibility index (Phi) is 4.84. The Bertz CT molecular complexity index is 1320. The molecule has 0 aliphatic carbocycles. The molecule has 0 fully saturated rings. The number of fused-ring (bicyclic) bond motifs is 1. The highest BCUT2D eigenvalue weighted by atomic mass is 16.6. The molecule has 4 aromatic rings. The lowest BCUT2D eigenvalue weighted by Gasteiger charge is -2.02. The van der Waals surface area contributed by atoms with Crippen LogP contribution in [0.25, 0.3) is 22.5 Å². The molecule has 2 aromatic carbocycles. The van der Waals surface area contributed by atoms with Gasteiger partial charge < -0.3 is 13.7 Å². The van der Waals surface area contributed by atoms with Crippen LogP contribution in [0.4, 0.5) is 5.69 Å². The van der Waals surface area contributed by atoms with E-state index in [0.29, 0.717) is 5.82 Å². The molecule has 2 aromatic heterocycles. The van der Waals surface area contributed by atoms with Gasteiger partial charge in [0, 0.05) is 11.6 Å². The lowest BCUT2D eigenvalue weighted by Crippen LogP contribution is -2.21. The van der Waals surface area contributed by atoms with Crippen LogP contribution in [0.5, 0.6) is 0 Å². The molecule has 0 aliphatic heterocycles. The second-order valence-electron chi connectivity index (χ2n) is 6.35. The molecule has 152 valence electrons. The molecule has 0 bridgehead atoms. The van der Waals surface area contributed by atoms with Gasteiger partial charge in [-0.1, -0.05) is 29.4 Å². The number of nitro benzene ring substituents is 1. The smallest absolute Gasteiger partial charge is 0.420 e. The predicted molar refractivity (Wildman–Crippen MR) is 101 cm³/mol. The summed E-state index contributed by atoms with van der Waals surface area (Å²) in [7, 11) is 0. The van der Waals surface area contributed by atoms with Gasteiger partial charge in [-0.15, -0.1) is 0 Å². The Hall–Kier alpha value is -4.28. The molecule has 0 saturated heterocycles. The molecule has 0 unspecified atom stereocenters. The number of nitrogens with zero attached hydrogens (tertiary/aromatic N) is 4. The van der Waals surface area contributed by atoms with Crippen molar-refractivity contribution in [1.29, 1.82) is 0 Å². The summed E-state index contributed by atoms with van der Waals surface area (Å²) >= 11 is 0. The average molecular weight is 410 g/mol. The van der Waals surface area contributed by atoms with Crippen LogP contribution in [0, 0.1) is 17.0 Å². The van der Waals surface area contributed by atoms with Crippen molar-refractivity contribution < 1.29 is 23.4 Å². The first kappa shape index (κ1) is 19.1. The minimum absolute atomic E-state index is 0.00164. The molecule has 11 heteroatoms. The molecule has 0 spiro atoms. The van der Waals surface area contributed by atoms with E-state index in [2.05, 4.69) is 10.1 Å². The van der Waals surface area contributed by atoms with E-state index in [1.807, 2.05) is 31.2 Å². The summed E-state index contributed by atoms with van der Waals surface area (Å²) in [6.07, 6.45) is 0. The number of hydrogen-bond acceptors (Lipinski definition) is 9. The Morgan fingerprint density at radius 2 is 2.07 bits per heavy atom. The Morgan fingerprint density at radius 1 is 1.27 bits per heavy atom. The van der Waals surface area contributed by atoms with Gasteiger partial charge >= 0.3 is 11.7 Å². The van der Waals surface area contributed by atoms with Gasteiger partial charge in [-0.3, -0.25) is 19.5 Å². The minimum Gasteiger partial charge on any atom is -0.454 e. The summed E-state index contributed by atoms with van der Waals surface area (Å²) < 4.78 is 16.2. The van der Waals surface area contributed by atoms with Crippen molar-refractivity contribution in [2.45, 2.75) is 20.1 Å². The maximum Gasteiger partial charge on any atom is 0.420 e. The van der Waals surface area contributed by atoms with E-state index < -0.39 is 23.2 Å². The van der Waals surface area contributed by atoms with Gasteiger partial charge in [0.2, 0.25) is 5.82 Å². The van der Waals surface area contributed by atoms with Crippen LogP contribution in [0.1, 0.15) is 11.5 Å².